The number of para-hydroxylation sites is 4. The molecule has 2 nitrogen and oxygen atoms in total. The lowest BCUT2D eigenvalue weighted by molar-refractivity contribution is 1.18. The standard InChI is InChI=1S/C88H60N2S2/c1-53-39-75(76-40-54(2)42-78-80-52-68(44-56(4)86(80)92-88(76)78)66-36-38-84-74(50-66)72-32-12-14-34-82(72)90(84)70-29-9-6-10-30-70)87-77(41-53)79-51-67(43-55(3)85(79)91-87)64-26-18-24-62(48-64)60-22-16-20-58(46-60)57-19-15-21-59(45-57)61-23-17-25-63(47-61)65-35-37-83-73(49-65)71-31-11-13-33-81(71)89(83)69-27-7-5-8-28-69/h5-52H,1-4H3. The van der Waals surface area contributed by atoms with Crippen molar-refractivity contribution in [2.75, 3.05) is 0 Å². The summed E-state index contributed by atoms with van der Waals surface area (Å²) in [7, 11) is 0. The molecule has 434 valence electrons. The van der Waals surface area contributed by atoms with E-state index < -0.39 is 0 Å². The minimum atomic E-state index is 1.17. The maximum atomic E-state index is 2.46. The second kappa shape index (κ2) is 21.4. The third kappa shape index (κ3) is 8.88. The third-order valence-corrected chi connectivity index (χ3v) is 21.9. The summed E-state index contributed by atoms with van der Waals surface area (Å²) >= 11 is 3.90. The van der Waals surface area contributed by atoms with Crippen LogP contribution in [-0.4, -0.2) is 9.13 Å². The van der Waals surface area contributed by atoms with E-state index in [1.54, 1.807) is 0 Å². The summed E-state index contributed by atoms with van der Waals surface area (Å²) < 4.78 is 10.2. The predicted octanol–water partition coefficient (Wildman–Crippen LogP) is 25.5. The maximum absolute atomic E-state index is 2.46. The fourth-order valence-electron chi connectivity index (χ4n) is 14.9. The largest absolute Gasteiger partial charge is 0.309 e. The van der Waals surface area contributed by atoms with Crippen LogP contribution < -0.4 is 0 Å². The van der Waals surface area contributed by atoms with E-state index in [0.717, 1.165) is 0 Å². The smallest absolute Gasteiger partial charge is 0.0541 e. The van der Waals surface area contributed by atoms with Gasteiger partial charge in [-0.15, -0.1) is 22.7 Å². The van der Waals surface area contributed by atoms with Crippen LogP contribution in [0.15, 0.2) is 291 Å². The number of benzene rings is 14. The van der Waals surface area contributed by atoms with Crippen molar-refractivity contribution in [3.63, 3.8) is 0 Å². The minimum absolute atomic E-state index is 1.17. The lowest BCUT2D eigenvalue weighted by atomic mass is 9.93. The van der Waals surface area contributed by atoms with E-state index in [-0.39, 0.29) is 0 Å². The van der Waals surface area contributed by atoms with Crippen LogP contribution in [0.2, 0.25) is 0 Å². The summed E-state index contributed by atoms with van der Waals surface area (Å²) in [4.78, 5) is 0. The van der Waals surface area contributed by atoms with E-state index in [1.165, 1.54) is 195 Å². The number of aromatic nitrogens is 2. The molecule has 0 unspecified atom stereocenters. The fourth-order valence-corrected chi connectivity index (χ4v) is 17.4. The fraction of sp³-hybridized carbons (Fsp3) is 0.0455. The average Bonchev–Trinajstić information content (AvgIpc) is 1.59. The highest BCUT2D eigenvalue weighted by Crippen LogP contribution is 2.50. The van der Waals surface area contributed by atoms with E-state index in [2.05, 4.69) is 328 Å². The Morgan fingerprint density at radius 1 is 0.207 bits per heavy atom. The number of hydrogen-bond acceptors (Lipinski definition) is 2. The Kier molecular flexibility index (Phi) is 12.6. The number of hydrogen-bond donors (Lipinski definition) is 0. The molecular formula is C88H60N2S2. The van der Waals surface area contributed by atoms with E-state index in [9.17, 15) is 0 Å². The highest BCUT2D eigenvalue weighted by Gasteiger charge is 2.22. The monoisotopic (exact) mass is 1210 g/mol. The number of aryl methyl sites for hydroxylation is 4. The molecule has 4 heteroatoms. The number of rotatable bonds is 9. The van der Waals surface area contributed by atoms with Crippen molar-refractivity contribution < 1.29 is 0 Å². The van der Waals surface area contributed by atoms with Gasteiger partial charge in [0.15, 0.2) is 0 Å². The van der Waals surface area contributed by atoms with Gasteiger partial charge in [-0.2, -0.15) is 0 Å². The summed E-state index contributed by atoms with van der Waals surface area (Å²) in [5.74, 6) is 0. The quantitative estimate of drug-likeness (QED) is 0.136. The highest BCUT2D eigenvalue weighted by atomic mass is 32.1. The Morgan fingerprint density at radius 2 is 0.511 bits per heavy atom. The summed E-state index contributed by atoms with van der Waals surface area (Å²) in [6, 6.07) is 109. The van der Waals surface area contributed by atoms with Crippen molar-refractivity contribution in [1.82, 2.24) is 9.13 Å². The zero-order chi connectivity index (χ0) is 61.3. The van der Waals surface area contributed by atoms with Gasteiger partial charge in [-0.3, -0.25) is 0 Å². The number of thiophene rings is 2. The van der Waals surface area contributed by atoms with Crippen LogP contribution in [0, 0.1) is 27.7 Å². The van der Waals surface area contributed by atoms with Gasteiger partial charge >= 0.3 is 0 Å². The average molecular weight is 1210 g/mol. The van der Waals surface area contributed by atoms with Gasteiger partial charge in [-0.05, 0) is 250 Å². The molecule has 0 aliphatic carbocycles. The van der Waals surface area contributed by atoms with E-state index in [4.69, 9.17) is 0 Å². The Hall–Kier alpha value is -10.9. The molecule has 0 fully saturated rings. The molecule has 0 aliphatic rings. The van der Waals surface area contributed by atoms with Crippen LogP contribution >= 0.6 is 22.7 Å². The van der Waals surface area contributed by atoms with Crippen LogP contribution in [0.4, 0.5) is 0 Å². The van der Waals surface area contributed by atoms with Crippen LogP contribution in [0.1, 0.15) is 22.3 Å². The van der Waals surface area contributed by atoms with Crippen molar-refractivity contribution in [3.8, 4) is 89.3 Å². The first-order valence-corrected chi connectivity index (χ1v) is 33.4. The number of nitrogens with zero attached hydrogens (tertiary/aromatic N) is 2. The zero-order valence-electron chi connectivity index (χ0n) is 51.4. The zero-order valence-corrected chi connectivity index (χ0v) is 53.1. The summed E-state index contributed by atoms with van der Waals surface area (Å²) in [5, 5.41) is 10.3. The molecule has 14 aromatic carbocycles. The van der Waals surface area contributed by atoms with Crippen LogP contribution in [0.3, 0.4) is 0 Å². The number of fused-ring (bicyclic) bond motifs is 12. The summed E-state index contributed by atoms with van der Waals surface area (Å²) in [6.07, 6.45) is 0. The van der Waals surface area contributed by atoms with Crippen molar-refractivity contribution in [2.24, 2.45) is 0 Å². The van der Waals surface area contributed by atoms with E-state index in [0.29, 0.717) is 0 Å². The molecule has 18 aromatic rings. The molecule has 4 heterocycles. The molecule has 0 bridgehead atoms. The molecule has 0 atom stereocenters. The lowest BCUT2D eigenvalue weighted by Crippen LogP contribution is -1.92. The molecule has 0 radical (unpaired) electrons. The van der Waals surface area contributed by atoms with Gasteiger partial charge in [0.2, 0.25) is 0 Å². The molecule has 0 spiro atoms. The molecule has 4 aromatic heterocycles. The maximum Gasteiger partial charge on any atom is 0.0541 e. The van der Waals surface area contributed by atoms with Crippen LogP contribution in [0.25, 0.3) is 173 Å². The highest BCUT2D eigenvalue weighted by molar-refractivity contribution is 7.27. The summed E-state index contributed by atoms with van der Waals surface area (Å²) in [5.41, 5.74) is 29.5. The molecule has 0 aliphatic heterocycles. The Bertz CT molecular complexity index is 6050. The molecule has 18 rings (SSSR count). The van der Waals surface area contributed by atoms with Crippen molar-refractivity contribution in [3.05, 3.63) is 313 Å². The van der Waals surface area contributed by atoms with Gasteiger partial charge in [0.1, 0.15) is 0 Å². The molecular weight excluding hydrogens is 1150 g/mol. The molecule has 0 saturated heterocycles. The molecule has 0 amide bonds. The molecule has 0 N–H and O–H groups in total. The van der Waals surface area contributed by atoms with Gasteiger partial charge in [-0.25, -0.2) is 0 Å². The summed E-state index contributed by atoms with van der Waals surface area (Å²) in [6.45, 7) is 9.14. The SMILES string of the molecule is Cc1cc(-c2cc(C)cc3c2sc2c(C)cc(-c4ccc5c(c4)c4ccccc4n5-c4ccccc4)cc23)c2sc3c(C)cc(-c4cccc(-c5cccc(-c6cccc(-c7cccc(-c8ccc9c(c8)c8ccccc8n9-c8ccccc8)c7)c6)c5)c4)cc3c2c1. The van der Waals surface area contributed by atoms with Gasteiger partial charge < -0.3 is 9.13 Å². The normalized spacial score (nSPS) is 11.9. The molecule has 0 saturated carbocycles. The van der Waals surface area contributed by atoms with Gasteiger partial charge in [-0.1, -0.05) is 158 Å². The third-order valence-electron chi connectivity index (χ3n) is 19.1. The predicted molar refractivity (Wildman–Crippen MR) is 398 cm³/mol. The van der Waals surface area contributed by atoms with E-state index >= 15 is 0 Å². The first kappa shape index (κ1) is 54.1. The van der Waals surface area contributed by atoms with Gasteiger partial charge in [0, 0.05) is 84.4 Å². The second-order valence-corrected chi connectivity index (χ2v) is 27.1. The Morgan fingerprint density at radius 3 is 0.902 bits per heavy atom. The first-order valence-electron chi connectivity index (χ1n) is 31.8. The van der Waals surface area contributed by atoms with Crippen molar-refractivity contribution in [2.45, 2.75) is 27.7 Å². The second-order valence-electron chi connectivity index (χ2n) is 25.1. The topological polar surface area (TPSA) is 9.86 Å². The first-order chi connectivity index (χ1) is 45.2. The molecule has 92 heavy (non-hydrogen) atoms. The Labute approximate surface area is 542 Å². The van der Waals surface area contributed by atoms with E-state index in [1.807, 2.05) is 22.7 Å². The lowest BCUT2D eigenvalue weighted by Gasteiger charge is -2.11. The van der Waals surface area contributed by atoms with Crippen molar-refractivity contribution >= 4 is 107 Å². The van der Waals surface area contributed by atoms with Crippen LogP contribution in [-0.2, 0) is 0 Å². The van der Waals surface area contributed by atoms with Gasteiger partial charge in [0.25, 0.3) is 0 Å². The van der Waals surface area contributed by atoms with Crippen molar-refractivity contribution in [1.29, 1.82) is 0 Å². The minimum Gasteiger partial charge on any atom is -0.309 e. The Balaban J connectivity index is 0.662. The van der Waals surface area contributed by atoms with Crippen LogP contribution in [0.5, 0.6) is 0 Å². The van der Waals surface area contributed by atoms with Gasteiger partial charge in [0.05, 0.1) is 22.1 Å².